The zero-order chi connectivity index (χ0) is 9.54. The Bertz CT molecular complexity index is 610. The molecule has 1 aromatic heterocycles. The summed E-state index contributed by atoms with van der Waals surface area (Å²) in [7, 11) is 0. The van der Waals surface area contributed by atoms with Crippen LogP contribution in [0.1, 0.15) is 0 Å². The number of para-hydroxylation sites is 2. The third-order valence-corrected chi connectivity index (χ3v) is 2.89. The lowest BCUT2D eigenvalue weighted by Crippen LogP contribution is -1.69. The van der Waals surface area contributed by atoms with Crippen molar-refractivity contribution in [1.82, 2.24) is 4.98 Å². The van der Waals surface area contributed by atoms with Crippen LogP contribution in [0.3, 0.4) is 0 Å². The number of rotatable bonds is 0. The molecule has 0 amide bonds. The normalized spacial score (nSPS) is 11.2. The standard InChI is InChI=1S/C12H9NS/c14-11-7-3-5-9-8-4-1-2-6-10(8)13-12(9)11/h1-7,13-14H. The molecule has 2 heteroatoms. The largest absolute Gasteiger partial charge is 0.354 e. The third kappa shape index (κ3) is 0.976. The molecule has 0 atom stereocenters. The first-order valence-corrected chi connectivity index (χ1v) is 4.99. The van der Waals surface area contributed by atoms with Gasteiger partial charge in [-0.15, -0.1) is 12.6 Å². The molecule has 0 spiro atoms. The van der Waals surface area contributed by atoms with Gasteiger partial charge in [-0.2, -0.15) is 0 Å². The summed E-state index contributed by atoms with van der Waals surface area (Å²) in [5.41, 5.74) is 2.29. The molecule has 0 saturated heterocycles. The van der Waals surface area contributed by atoms with Gasteiger partial charge >= 0.3 is 0 Å². The molecule has 0 fully saturated rings. The van der Waals surface area contributed by atoms with Gasteiger partial charge in [-0.3, -0.25) is 0 Å². The smallest absolute Gasteiger partial charge is 0.0600 e. The number of fused-ring (bicyclic) bond motifs is 3. The summed E-state index contributed by atoms with van der Waals surface area (Å²) in [4.78, 5) is 4.37. The molecule has 3 aromatic rings. The van der Waals surface area contributed by atoms with Crippen LogP contribution in [0.25, 0.3) is 21.8 Å². The van der Waals surface area contributed by atoms with Crippen molar-refractivity contribution >= 4 is 34.4 Å². The molecule has 0 saturated carbocycles. The van der Waals surface area contributed by atoms with Crippen LogP contribution in [0.5, 0.6) is 0 Å². The first-order valence-electron chi connectivity index (χ1n) is 4.54. The van der Waals surface area contributed by atoms with Crippen LogP contribution in [0.4, 0.5) is 0 Å². The fourth-order valence-corrected chi connectivity index (χ4v) is 2.12. The molecule has 0 radical (unpaired) electrons. The molecular formula is C12H9NS. The molecule has 2 aromatic carbocycles. The van der Waals surface area contributed by atoms with Gasteiger partial charge in [0.1, 0.15) is 0 Å². The van der Waals surface area contributed by atoms with Gasteiger partial charge in [0.25, 0.3) is 0 Å². The predicted molar refractivity (Wildman–Crippen MR) is 63.1 cm³/mol. The highest BCUT2D eigenvalue weighted by molar-refractivity contribution is 7.80. The Balaban J connectivity index is 2.63. The molecule has 0 aliphatic rings. The van der Waals surface area contributed by atoms with E-state index in [1.54, 1.807) is 0 Å². The first-order chi connectivity index (χ1) is 6.86. The van der Waals surface area contributed by atoms with E-state index >= 15 is 0 Å². The summed E-state index contributed by atoms with van der Waals surface area (Å²) in [5.74, 6) is 0. The number of aromatic amines is 1. The van der Waals surface area contributed by atoms with Crippen LogP contribution < -0.4 is 0 Å². The lowest BCUT2D eigenvalue weighted by Gasteiger charge is -1.92. The zero-order valence-corrected chi connectivity index (χ0v) is 8.38. The van der Waals surface area contributed by atoms with Crippen molar-refractivity contribution in [3.63, 3.8) is 0 Å². The van der Waals surface area contributed by atoms with E-state index in [9.17, 15) is 0 Å². The average molecular weight is 199 g/mol. The van der Waals surface area contributed by atoms with Gasteiger partial charge in [-0.25, -0.2) is 0 Å². The van der Waals surface area contributed by atoms with Gasteiger partial charge in [0.2, 0.25) is 0 Å². The minimum atomic E-state index is 0.999. The number of hydrogen-bond donors (Lipinski definition) is 2. The Labute approximate surface area is 87.2 Å². The number of nitrogens with one attached hydrogen (secondary N) is 1. The molecule has 0 aliphatic carbocycles. The van der Waals surface area contributed by atoms with Crippen LogP contribution in [0, 0.1) is 0 Å². The Morgan fingerprint density at radius 3 is 2.57 bits per heavy atom. The zero-order valence-electron chi connectivity index (χ0n) is 7.49. The molecule has 3 rings (SSSR count). The molecule has 1 heterocycles. The van der Waals surface area contributed by atoms with Gasteiger partial charge in [0.15, 0.2) is 0 Å². The van der Waals surface area contributed by atoms with Crippen molar-refractivity contribution in [1.29, 1.82) is 0 Å². The fourth-order valence-electron chi connectivity index (χ4n) is 1.86. The number of H-pyrrole nitrogens is 1. The number of benzene rings is 2. The van der Waals surface area contributed by atoms with Crippen LogP contribution in [-0.4, -0.2) is 4.98 Å². The van der Waals surface area contributed by atoms with Gasteiger partial charge in [-0.1, -0.05) is 30.3 Å². The second-order valence-electron chi connectivity index (χ2n) is 3.37. The number of hydrogen-bond acceptors (Lipinski definition) is 1. The summed E-state index contributed by atoms with van der Waals surface area (Å²) >= 11 is 4.43. The highest BCUT2D eigenvalue weighted by atomic mass is 32.1. The van der Waals surface area contributed by atoms with Crippen LogP contribution >= 0.6 is 12.6 Å². The van der Waals surface area contributed by atoms with Gasteiger partial charge in [0.05, 0.1) is 5.52 Å². The monoisotopic (exact) mass is 199 g/mol. The summed E-state index contributed by atoms with van der Waals surface area (Å²) in [6, 6.07) is 14.5. The van der Waals surface area contributed by atoms with E-state index in [2.05, 4.69) is 41.9 Å². The van der Waals surface area contributed by atoms with Crippen molar-refractivity contribution < 1.29 is 0 Å². The highest BCUT2D eigenvalue weighted by Gasteiger charge is 2.04. The molecule has 1 nitrogen and oxygen atoms in total. The topological polar surface area (TPSA) is 15.8 Å². The van der Waals surface area contributed by atoms with E-state index in [-0.39, 0.29) is 0 Å². The lowest BCUT2D eigenvalue weighted by atomic mass is 10.1. The summed E-state index contributed by atoms with van der Waals surface area (Å²) in [6.45, 7) is 0. The van der Waals surface area contributed by atoms with E-state index in [1.807, 2.05) is 18.2 Å². The third-order valence-electron chi connectivity index (χ3n) is 2.52. The Hall–Kier alpha value is -1.41. The SMILES string of the molecule is Sc1cccc2c1[nH]c1ccccc12. The van der Waals surface area contributed by atoms with Crippen molar-refractivity contribution in [3.8, 4) is 0 Å². The van der Waals surface area contributed by atoms with Crippen LogP contribution in [0.2, 0.25) is 0 Å². The Kier molecular flexibility index (Phi) is 1.58. The molecule has 14 heavy (non-hydrogen) atoms. The fraction of sp³-hybridized carbons (Fsp3) is 0. The Morgan fingerprint density at radius 1 is 0.857 bits per heavy atom. The summed E-state index contributed by atoms with van der Waals surface area (Å²) < 4.78 is 0. The molecular weight excluding hydrogens is 190 g/mol. The van der Waals surface area contributed by atoms with Gasteiger partial charge in [0, 0.05) is 21.2 Å². The van der Waals surface area contributed by atoms with E-state index in [0.29, 0.717) is 0 Å². The minimum absolute atomic E-state index is 0.999. The molecule has 68 valence electrons. The molecule has 0 bridgehead atoms. The van der Waals surface area contributed by atoms with Gasteiger partial charge < -0.3 is 4.98 Å². The lowest BCUT2D eigenvalue weighted by molar-refractivity contribution is 1.45. The molecule has 0 unspecified atom stereocenters. The van der Waals surface area contributed by atoms with E-state index in [1.165, 1.54) is 16.3 Å². The van der Waals surface area contributed by atoms with E-state index < -0.39 is 0 Å². The van der Waals surface area contributed by atoms with E-state index in [4.69, 9.17) is 0 Å². The molecule has 1 N–H and O–H groups in total. The van der Waals surface area contributed by atoms with Crippen molar-refractivity contribution in [2.75, 3.05) is 0 Å². The van der Waals surface area contributed by atoms with Crippen molar-refractivity contribution in [3.05, 3.63) is 42.5 Å². The van der Waals surface area contributed by atoms with E-state index in [0.717, 1.165) is 10.4 Å². The summed E-state index contributed by atoms with van der Waals surface area (Å²) in [6.07, 6.45) is 0. The maximum Gasteiger partial charge on any atom is 0.0600 e. The molecule has 0 aliphatic heterocycles. The van der Waals surface area contributed by atoms with Crippen molar-refractivity contribution in [2.45, 2.75) is 4.90 Å². The second kappa shape index (κ2) is 2.79. The first kappa shape index (κ1) is 7.94. The van der Waals surface area contributed by atoms with Gasteiger partial charge in [-0.05, 0) is 12.1 Å². The Morgan fingerprint density at radius 2 is 1.64 bits per heavy atom. The van der Waals surface area contributed by atoms with Crippen LogP contribution in [-0.2, 0) is 0 Å². The quantitative estimate of drug-likeness (QED) is 0.514. The summed E-state index contributed by atoms with van der Waals surface area (Å²) in [5, 5.41) is 2.51. The second-order valence-corrected chi connectivity index (χ2v) is 3.85. The maximum absolute atomic E-state index is 4.43. The highest BCUT2D eigenvalue weighted by Crippen LogP contribution is 2.28. The van der Waals surface area contributed by atoms with Crippen LogP contribution in [0.15, 0.2) is 47.4 Å². The average Bonchev–Trinajstić information content (AvgIpc) is 2.59. The maximum atomic E-state index is 4.43. The predicted octanol–water partition coefficient (Wildman–Crippen LogP) is 3.61. The number of aromatic nitrogens is 1. The van der Waals surface area contributed by atoms with Crippen molar-refractivity contribution in [2.24, 2.45) is 0 Å². The number of thiol groups is 1. The minimum Gasteiger partial charge on any atom is -0.354 e.